The van der Waals surface area contributed by atoms with E-state index in [2.05, 4.69) is 16.8 Å². The van der Waals surface area contributed by atoms with Gasteiger partial charge in [-0.05, 0) is 19.3 Å². The molecule has 2 N–H and O–H groups in total. The summed E-state index contributed by atoms with van der Waals surface area (Å²) < 4.78 is 8.88. The third-order valence-electron chi connectivity index (χ3n) is 2.80. The van der Waals surface area contributed by atoms with Crippen molar-refractivity contribution in [3.8, 4) is 0 Å². The van der Waals surface area contributed by atoms with Crippen molar-refractivity contribution in [1.29, 1.82) is 0 Å². The average molecular weight is 248 g/mol. The summed E-state index contributed by atoms with van der Waals surface area (Å²) in [5.74, 6) is 0. The van der Waals surface area contributed by atoms with Gasteiger partial charge in [-0.2, -0.15) is 0 Å². The van der Waals surface area contributed by atoms with Crippen LogP contribution in [-0.2, 0) is 17.2 Å². The van der Waals surface area contributed by atoms with Crippen molar-refractivity contribution in [2.24, 2.45) is 9.50 Å². The highest BCUT2D eigenvalue weighted by molar-refractivity contribution is 7.97. The minimum absolute atomic E-state index is 0.527. The lowest BCUT2D eigenvalue weighted by Crippen LogP contribution is -2.07. The van der Waals surface area contributed by atoms with E-state index in [4.69, 9.17) is 9.88 Å². The molecule has 15 heavy (non-hydrogen) atoms. The summed E-state index contributed by atoms with van der Waals surface area (Å²) in [6, 6.07) is 0.527. The summed E-state index contributed by atoms with van der Waals surface area (Å²) in [6.45, 7) is 1.75. The Morgan fingerprint density at radius 3 is 2.27 bits per heavy atom. The van der Waals surface area contributed by atoms with Crippen LogP contribution in [-0.4, -0.2) is 24.5 Å². The molecule has 0 aromatic carbocycles. The van der Waals surface area contributed by atoms with Crippen LogP contribution in [0.5, 0.6) is 0 Å². The Hall–Kier alpha value is 0.290. The van der Waals surface area contributed by atoms with Crippen molar-refractivity contribution >= 4 is 24.4 Å². The highest BCUT2D eigenvalue weighted by Crippen LogP contribution is 2.19. The lowest BCUT2D eigenvalue weighted by Gasteiger charge is -2.14. The Morgan fingerprint density at radius 2 is 1.93 bits per heavy atom. The maximum atomic E-state index is 5.27. The molecule has 1 saturated heterocycles. The van der Waals surface area contributed by atoms with Gasteiger partial charge < -0.3 is 4.74 Å². The molecule has 0 amide bonds. The second-order valence-electron chi connectivity index (χ2n) is 4.02. The van der Waals surface area contributed by atoms with Gasteiger partial charge in [-0.3, -0.25) is 5.14 Å². The molecule has 1 unspecified atom stereocenters. The Balaban J connectivity index is 0.000000151. The van der Waals surface area contributed by atoms with E-state index in [-0.39, 0.29) is 0 Å². The molecule has 1 aliphatic carbocycles. The smallest absolute Gasteiger partial charge is 0.0630 e. The molecule has 0 bridgehead atoms. The van der Waals surface area contributed by atoms with Crippen LogP contribution >= 0.6 is 11.9 Å². The minimum Gasteiger partial charge on any atom is -0.380 e. The summed E-state index contributed by atoms with van der Waals surface area (Å²) in [4.78, 5) is 0. The van der Waals surface area contributed by atoms with E-state index >= 15 is 0 Å². The number of ether oxygens (including phenoxy) is 1. The molecule has 2 rings (SSSR count). The normalized spacial score (nSPS) is 26.9. The van der Waals surface area contributed by atoms with E-state index in [1.807, 2.05) is 0 Å². The zero-order valence-corrected chi connectivity index (χ0v) is 10.7. The molecule has 0 aromatic heterocycles. The third kappa shape index (κ3) is 5.80. The van der Waals surface area contributed by atoms with Crippen LogP contribution in [0.1, 0.15) is 38.5 Å². The maximum absolute atomic E-state index is 5.27. The zero-order chi connectivity index (χ0) is 10.9. The lowest BCUT2D eigenvalue weighted by molar-refractivity contribution is 0.199. The van der Waals surface area contributed by atoms with Gasteiger partial charge in [0.2, 0.25) is 0 Å². The van der Waals surface area contributed by atoms with E-state index in [1.165, 1.54) is 44.1 Å². The van der Waals surface area contributed by atoms with E-state index in [0.29, 0.717) is 11.3 Å². The van der Waals surface area contributed by atoms with Crippen molar-refractivity contribution in [3.05, 3.63) is 0 Å². The van der Waals surface area contributed by atoms with Crippen molar-refractivity contribution in [2.75, 3.05) is 13.2 Å². The summed E-state index contributed by atoms with van der Waals surface area (Å²) in [5, 5.41) is 5.84. The third-order valence-corrected chi connectivity index (χ3v) is 3.86. The average Bonchev–Trinajstić information content (AvgIpc) is 2.84. The van der Waals surface area contributed by atoms with E-state index in [0.717, 1.165) is 19.6 Å². The van der Waals surface area contributed by atoms with Crippen LogP contribution in [0.3, 0.4) is 0 Å². The molecule has 1 aliphatic heterocycles. The summed E-state index contributed by atoms with van der Waals surface area (Å²) in [7, 11) is 0. The molecular weight excluding hydrogens is 228 g/mol. The zero-order valence-electron chi connectivity index (χ0n) is 9.06. The predicted molar refractivity (Wildman–Crippen MR) is 67.7 cm³/mol. The molecule has 5 heteroatoms. The molecule has 2 fully saturated rings. The Morgan fingerprint density at radius 1 is 1.20 bits per heavy atom. The summed E-state index contributed by atoms with van der Waals surface area (Å²) in [6.07, 6.45) is 7.67. The molecule has 1 atom stereocenters. The van der Waals surface area contributed by atoms with Crippen LogP contribution in [0.2, 0.25) is 0 Å². The first-order valence-electron chi connectivity index (χ1n) is 5.62. The standard InChI is InChI=1S/C6H11NS.C4H9NOS/c8-7-6-4-2-1-3-5-6;5-7-4-1-2-6-3-4/h6H,1-5H2;4H,1-3,5H2. The Labute approximate surface area is 102 Å². The first-order chi connectivity index (χ1) is 7.36. The quantitative estimate of drug-likeness (QED) is 0.763. The van der Waals surface area contributed by atoms with E-state index in [1.54, 1.807) is 0 Å². The molecule has 1 saturated carbocycles. The molecule has 3 nitrogen and oxygen atoms in total. The maximum Gasteiger partial charge on any atom is 0.0630 e. The SMILES string of the molecule is NSC1CCOC1.S=NC1CCCCC1. The van der Waals surface area contributed by atoms with Gasteiger partial charge in [-0.25, -0.2) is 4.36 Å². The van der Waals surface area contributed by atoms with Crippen molar-refractivity contribution in [1.82, 2.24) is 0 Å². The van der Waals surface area contributed by atoms with E-state index < -0.39 is 0 Å². The van der Waals surface area contributed by atoms with Gasteiger partial charge in [0, 0.05) is 24.3 Å². The van der Waals surface area contributed by atoms with Crippen LogP contribution < -0.4 is 5.14 Å². The molecule has 88 valence electrons. The van der Waals surface area contributed by atoms with Crippen LogP contribution in [0.25, 0.3) is 0 Å². The lowest BCUT2D eigenvalue weighted by atomic mass is 9.97. The summed E-state index contributed by atoms with van der Waals surface area (Å²) in [5.41, 5.74) is 0. The van der Waals surface area contributed by atoms with Crippen LogP contribution in [0.15, 0.2) is 4.36 Å². The molecule has 0 spiro atoms. The molecule has 1 heterocycles. The number of hydrogen-bond donors (Lipinski definition) is 1. The highest BCUT2D eigenvalue weighted by Gasteiger charge is 2.13. The fraction of sp³-hybridized carbons (Fsp3) is 1.00. The predicted octanol–water partition coefficient (Wildman–Crippen LogP) is 2.43. The molecule has 0 aromatic rings. The minimum atomic E-state index is 0.527. The van der Waals surface area contributed by atoms with Gasteiger partial charge >= 0.3 is 0 Å². The molecule has 2 aliphatic rings. The second-order valence-corrected chi connectivity index (χ2v) is 5.17. The van der Waals surface area contributed by atoms with E-state index in [9.17, 15) is 0 Å². The topological polar surface area (TPSA) is 47.6 Å². The van der Waals surface area contributed by atoms with Gasteiger partial charge in [0.25, 0.3) is 0 Å². The van der Waals surface area contributed by atoms with Gasteiger partial charge in [0.1, 0.15) is 0 Å². The molecule has 0 radical (unpaired) electrons. The fourth-order valence-electron chi connectivity index (χ4n) is 1.81. The summed E-state index contributed by atoms with van der Waals surface area (Å²) >= 11 is 6.00. The number of rotatable bonds is 2. The van der Waals surface area contributed by atoms with Gasteiger partial charge in [-0.15, -0.1) is 0 Å². The Kier molecular flexibility index (Phi) is 7.52. The monoisotopic (exact) mass is 248 g/mol. The Bertz CT molecular complexity index is 169. The first-order valence-corrected chi connectivity index (χ1v) is 6.93. The largest absolute Gasteiger partial charge is 0.380 e. The van der Waals surface area contributed by atoms with Gasteiger partial charge in [-0.1, -0.05) is 31.2 Å². The highest BCUT2D eigenvalue weighted by atomic mass is 32.2. The number of hydrogen-bond acceptors (Lipinski definition) is 5. The number of nitrogens with two attached hydrogens (primary N) is 1. The fourth-order valence-corrected chi connectivity index (χ4v) is 2.42. The van der Waals surface area contributed by atoms with Crippen LogP contribution in [0, 0.1) is 0 Å². The number of nitrogens with zero attached hydrogens (tertiary/aromatic N) is 1. The van der Waals surface area contributed by atoms with Crippen LogP contribution in [0.4, 0.5) is 0 Å². The van der Waals surface area contributed by atoms with Crippen molar-refractivity contribution < 1.29 is 4.74 Å². The second kappa shape index (κ2) is 8.44. The van der Waals surface area contributed by atoms with Gasteiger partial charge in [0.15, 0.2) is 0 Å². The van der Waals surface area contributed by atoms with Crippen molar-refractivity contribution in [2.45, 2.75) is 49.8 Å². The van der Waals surface area contributed by atoms with Crippen molar-refractivity contribution in [3.63, 3.8) is 0 Å². The van der Waals surface area contributed by atoms with Gasteiger partial charge in [0.05, 0.1) is 12.6 Å². The molecular formula is C10H20N2OS2. The first kappa shape index (κ1) is 13.4.